The molecule has 2 aromatic carbocycles. The van der Waals surface area contributed by atoms with Crippen LogP contribution in [0.25, 0.3) is 5.69 Å². The molecule has 0 spiro atoms. The summed E-state index contributed by atoms with van der Waals surface area (Å²) in [6.07, 6.45) is 1.40. The zero-order valence-corrected chi connectivity index (χ0v) is 17.9. The van der Waals surface area contributed by atoms with Crippen molar-refractivity contribution in [2.75, 3.05) is 32.3 Å². The number of esters is 1. The lowest BCUT2D eigenvalue weighted by Crippen LogP contribution is -2.31. The highest BCUT2D eigenvalue weighted by molar-refractivity contribution is 6.01. The van der Waals surface area contributed by atoms with E-state index in [1.807, 2.05) is 60.5 Å². The Morgan fingerprint density at radius 1 is 1.16 bits per heavy atom. The van der Waals surface area contributed by atoms with Gasteiger partial charge in [-0.05, 0) is 43.8 Å². The second-order valence-electron chi connectivity index (χ2n) is 7.28. The third-order valence-corrected chi connectivity index (χ3v) is 4.83. The minimum Gasteiger partial charge on any atom is -0.462 e. The third-order valence-electron chi connectivity index (χ3n) is 4.83. The monoisotopic (exact) mass is 436 g/mol. The SMILES string of the molecule is CCOC(=O)c1cnn(-c2ccccc2)c1NC(=O)CN(C)Cc1ccc2c(c1)OCO2. The highest BCUT2D eigenvalue weighted by atomic mass is 16.7. The number of aromatic nitrogens is 2. The summed E-state index contributed by atoms with van der Waals surface area (Å²) in [4.78, 5) is 27.1. The summed E-state index contributed by atoms with van der Waals surface area (Å²) < 4.78 is 17.4. The molecule has 3 aromatic rings. The lowest BCUT2D eigenvalue weighted by Gasteiger charge is -2.17. The fraction of sp³-hybridized carbons (Fsp3) is 0.261. The van der Waals surface area contributed by atoms with E-state index in [1.165, 1.54) is 10.9 Å². The highest BCUT2D eigenvalue weighted by Crippen LogP contribution is 2.32. The molecule has 4 rings (SSSR count). The average Bonchev–Trinajstić information content (AvgIpc) is 3.41. The molecule has 1 amide bonds. The molecule has 0 aliphatic carbocycles. The number of anilines is 1. The number of carbonyl (C=O) groups is 2. The van der Waals surface area contributed by atoms with Gasteiger partial charge in [0.15, 0.2) is 17.3 Å². The summed E-state index contributed by atoms with van der Waals surface area (Å²) in [6.45, 7) is 2.81. The molecule has 32 heavy (non-hydrogen) atoms. The normalized spacial score (nSPS) is 12.1. The Balaban J connectivity index is 1.48. The molecular weight excluding hydrogens is 412 g/mol. The molecule has 0 bridgehead atoms. The van der Waals surface area contributed by atoms with E-state index >= 15 is 0 Å². The summed E-state index contributed by atoms with van der Waals surface area (Å²) >= 11 is 0. The van der Waals surface area contributed by atoms with Crippen LogP contribution in [0.3, 0.4) is 0 Å². The van der Waals surface area contributed by atoms with Gasteiger partial charge in [-0.15, -0.1) is 0 Å². The number of nitrogens with one attached hydrogen (secondary N) is 1. The number of hydrogen-bond donors (Lipinski definition) is 1. The molecule has 9 heteroatoms. The summed E-state index contributed by atoms with van der Waals surface area (Å²) in [6, 6.07) is 15.0. The van der Waals surface area contributed by atoms with Crippen LogP contribution in [0, 0.1) is 0 Å². The molecule has 0 saturated heterocycles. The Hall–Kier alpha value is -3.85. The number of nitrogens with zero attached hydrogens (tertiary/aromatic N) is 3. The smallest absolute Gasteiger partial charge is 0.343 e. The van der Waals surface area contributed by atoms with E-state index in [1.54, 1.807) is 6.92 Å². The van der Waals surface area contributed by atoms with Gasteiger partial charge >= 0.3 is 5.97 Å². The summed E-state index contributed by atoms with van der Waals surface area (Å²) in [5.74, 6) is 0.868. The van der Waals surface area contributed by atoms with E-state index in [9.17, 15) is 9.59 Å². The molecule has 9 nitrogen and oxygen atoms in total. The van der Waals surface area contributed by atoms with Crippen molar-refractivity contribution in [3.63, 3.8) is 0 Å². The van der Waals surface area contributed by atoms with Crippen molar-refractivity contribution < 1.29 is 23.8 Å². The van der Waals surface area contributed by atoms with Crippen LogP contribution < -0.4 is 14.8 Å². The summed E-state index contributed by atoms with van der Waals surface area (Å²) in [5, 5.41) is 7.11. The van der Waals surface area contributed by atoms with Gasteiger partial charge in [0.1, 0.15) is 5.56 Å². The molecule has 2 heterocycles. The molecule has 0 radical (unpaired) electrons. The Morgan fingerprint density at radius 3 is 2.72 bits per heavy atom. The Labute approximate surface area is 185 Å². The number of likely N-dealkylation sites (N-methyl/N-ethyl adjacent to an activating group) is 1. The Kier molecular flexibility index (Phi) is 6.37. The molecule has 1 N–H and O–H groups in total. The van der Waals surface area contributed by atoms with Gasteiger partial charge in [-0.25, -0.2) is 9.48 Å². The molecule has 1 aliphatic rings. The van der Waals surface area contributed by atoms with Crippen molar-refractivity contribution in [1.29, 1.82) is 0 Å². The zero-order chi connectivity index (χ0) is 22.5. The molecule has 0 saturated carbocycles. The van der Waals surface area contributed by atoms with E-state index in [2.05, 4.69) is 10.4 Å². The number of ether oxygens (including phenoxy) is 3. The Morgan fingerprint density at radius 2 is 1.94 bits per heavy atom. The maximum Gasteiger partial charge on any atom is 0.343 e. The van der Waals surface area contributed by atoms with Gasteiger partial charge < -0.3 is 19.5 Å². The van der Waals surface area contributed by atoms with Crippen molar-refractivity contribution in [2.24, 2.45) is 0 Å². The first-order valence-corrected chi connectivity index (χ1v) is 10.2. The number of carbonyl (C=O) groups excluding carboxylic acids is 2. The molecule has 166 valence electrons. The number of para-hydroxylation sites is 1. The highest BCUT2D eigenvalue weighted by Gasteiger charge is 2.22. The first kappa shape index (κ1) is 21.4. The van der Waals surface area contributed by atoms with E-state index in [4.69, 9.17) is 14.2 Å². The predicted molar refractivity (Wildman–Crippen MR) is 117 cm³/mol. The molecule has 0 atom stereocenters. The number of fused-ring (bicyclic) bond motifs is 1. The Bertz CT molecular complexity index is 1110. The number of benzene rings is 2. The van der Waals surface area contributed by atoms with Crippen molar-refractivity contribution in [1.82, 2.24) is 14.7 Å². The van der Waals surface area contributed by atoms with Gasteiger partial charge in [0.2, 0.25) is 12.7 Å². The lowest BCUT2D eigenvalue weighted by atomic mass is 10.2. The first-order valence-electron chi connectivity index (χ1n) is 10.2. The maximum atomic E-state index is 12.8. The predicted octanol–water partition coefficient (Wildman–Crippen LogP) is 2.85. The summed E-state index contributed by atoms with van der Waals surface area (Å²) in [7, 11) is 1.84. The topological polar surface area (TPSA) is 94.9 Å². The van der Waals surface area contributed by atoms with Crippen molar-refractivity contribution in [3.05, 3.63) is 65.9 Å². The van der Waals surface area contributed by atoms with Gasteiger partial charge in [-0.3, -0.25) is 9.69 Å². The van der Waals surface area contributed by atoms with Crippen LogP contribution in [0.1, 0.15) is 22.8 Å². The molecule has 1 aliphatic heterocycles. The maximum absolute atomic E-state index is 12.8. The minimum absolute atomic E-state index is 0.108. The minimum atomic E-state index is -0.543. The van der Waals surface area contributed by atoms with Gasteiger partial charge in [-0.1, -0.05) is 24.3 Å². The van der Waals surface area contributed by atoms with E-state index in [0.29, 0.717) is 18.0 Å². The molecule has 0 fully saturated rings. The van der Waals surface area contributed by atoms with Crippen LogP contribution in [-0.4, -0.2) is 53.5 Å². The standard InChI is InChI=1S/C23H24N4O5/c1-3-30-23(29)18-12-24-27(17-7-5-4-6-8-17)22(18)25-21(28)14-26(2)13-16-9-10-19-20(11-16)32-15-31-19/h4-12H,3,13-15H2,1-2H3,(H,25,28). The van der Waals surface area contributed by atoms with Gasteiger partial charge in [0, 0.05) is 6.54 Å². The first-order chi connectivity index (χ1) is 15.5. The van der Waals surface area contributed by atoms with Crippen LogP contribution in [0.15, 0.2) is 54.7 Å². The third kappa shape index (κ3) is 4.73. The van der Waals surface area contributed by atoms with Gasteiger partial charge in [-0.2, -0.15) is 5.10 Å². The second-order valence-corrected chi connectivity index (χ2v) is 7.28. The molecule has 1 aromatic heterocycles. The molecule has 0 unspecified atom stereocenters. The van der Waals surface area contributed by atoms with E-state index in [0.717, 1.165) is 11.3 Å². The van der Waals surface area contributed by atoms with Crippen LogP contribution >= 0.6 is 0 Å². The number of amides is 1. The van der Waals surface area contributed by atoms with Gasteiger partial charge in [0.05, 0.1) is 25.0 Å². The van der Waals surface area contributed by atoms with Crippen molar-refractivity contribution in [2.45, 2.75) is 13.5 Å². The summed E-state index contributed by atoms with van der Waals surface area (Å²) in [5.41, 5.74) is 1.90. The number of hydrogen-bond acceptors (Lipinski definition) is 7. The van der Waals surface area contributed by atoms with Crippen molar-refractivity contribution in [3.8, 4) is 17.2 Å². The van der Waals surface area contributed by atoms with Crippen LogP contribution in [0.4, 0.5) is 5.82 Å². The second kappa shape index (κ2) is 9.52. The van der Waals surface area contributed by atoms with E-state index < -0.39 is 5.97 Å². The quantitative estimate of drug-likeness (QED) is 0.543. The lowest BCUT2D eigenvalue weighted by molar-refractivity contribution is -0.117. The fourth-order valence-electron chi connectivity index (χ4n) is 3.42. The van der Waals surface area contributed by atoms with Crippen LogP contribution in [-0.2, 0) is 16.1 Å². The van der Waals surface area contributed by atoms with Gasteiger partial charge in [0.25, 0.3) is 0 Å². The largest absolute Gasteiger partial charge is 0.462 e. The average molecular weight is 436 g/mol. The molecular formula is C23H24N4O5. The zero-order valence-electron chi connectivity index (χ0n) is 17.9. The van der Waals surface area contributed by atoms with Crippen LogP contribution in [0.2, 0.25) is 0 Å². The van der Waals surface area contributed by atoms with Crippen molar-refractivity contribution >= 4 is 17.7 Å². The fourth-order valence-corrected chi connectivity index (χ4v) is 3.42. The number of rotatable bonds is 8. The van der Waals surface area contributed by atoms with Crippen LogP contribution in [0.5, 0.6) is 11.5 Å². The van der Waals surface area contributed by atoms with E-state index in [-0.39, 0.29) is 37.2 Å².